The molecule has 158 valence electrons. The Morgan fingerprint density at radius 1 is 1.17 bits per heavy atom. The summed E-state index contributed by atoms with van der Waals surface area (Å²) in [6, 6.07) is 13.1. The highest BCUT2D eigenvalue weighted by atomic mass is 16.5. The lowest BCUT2D eigenvalue weighted by atomic mass is 9.72. The molecule has 0 unspecified atom stereocenters. The number of rotatable bonds is 5. The van der Waals surface area contributed by atoms with Crippen molar-refractivity contribution >= 4 is 5.97 Å². The maximum Gasteiger partial charge on any atom is 0.336 e. The molecule has 2 heterocycles. The van der Waals surface area contributed by atoms with Crippen LogP contribution in [-0.4, -0.2) is 23.3 Å². The van der Waals surface area contributed by atoms with Gasteiger partial charge < -0.3 is 14.6 Å². The summed E-state index contributed by atoms with van der Waals surface area (Å²) in [4.78, 5) is 11.9. The molecule has 0 aromatic heterocycles. The van der Waals surface area contributed by atoms with Crippen molar-refractivity contribution in [3.05, 3.63) is 65.2 Å². The minimum absolute atomic E-state index is 0.0175. The molecule has 0 saturated carbocycles. The molecule has 1 fully saturated rings. The Morgan fingerprint density at radius 3 is 2.70 bits per heavy atom. The minimum atomic E-state index is -0.933. The first-order valence-electron chi connectivity index (χ1n) is 10.8. The zero-order valence-corrected chi connectivity index (χ0v) is 18.0. The Hall–Kier alpha value is -2.59. The Balaban J connectivity index is 1.82. The summed E-state index contributed by atoms with van der Waals surface area (Å²) in [6.07, 6.45) is 6.21. The SMILES string of the molecule is CC(C)=CCC[C@@]1(C)Oc2c(-c3ccccc3C(=O)O)cccc2[C@@H]2OCCC[C@H]21. The summed E-state index contributed by atoms with van der Waals surface area (Å²) >= 11 is 0. The molecule has 0 spiro atoms. The standard InChI is InChI=1S/C26H30O4/c1-17(2)9-7-15-26(3)22-14-8-16-29-24(22)21-13-6-12-19(23(21)30-26)18-10-4-5-11-20(18)25(27)28/h4-6,9-13,22,24H,7-8,14-16H2,1-3H3,(H,27,28)/t22-,24+,26-/m1/s1. The van der Waals surface area contributed by atoms with E-state index in [1.807, 2.05) is 24.3 Å². The van der Waals surface area contributed by atoms with Gasteiger partial charge in [-0.05, 0) is 58.1 Å². The molecule has 0 amide bonds. The van der Waals surface area contributed by atoms with Crippen molar-refractivity contribution in [2.75, 3.05) is 6.61 Å². The summed E-state index contributed by atoms with van der Waals surface area (Å²) in [6.45, 7) is 7.18. The Kier molecular flexibility index (Phi) is 5.70. The molecule has 1 N–H and O–H groups in total. The average Bonchev–Trinajstić information content (AvgIpc) is 2.73. The predicted molar refractivity (Wildman–Crippen MR) is 118 cm³/mol. The van der Waals surface area contributed by atoms with Crippen LogP contribution >= 0.6 is 0 Å². The summed E-state index contributed by atoms with van der Waals surface area (Å²) in [5.41, 5.74) is 3.78. The van der Waals surface area contributed by atoms with Gasteiger partial charge in [0.25, 0.3) is 0 Å². The molecule has 1 saturated heterocycles. The van der Waals surface area contributed by atoms with Gasteiger partial charge in [0.15, 0.2) is 0 Å². The Bertz CT molecular complexity index is 973. The molecule has 2 aromatic carbocycles. The zero-order chi connectivity index (χ0) is 21.3. The second kappa shape index (κ2) is 8.27. The fourth-order valence-electron chi connectivity index (χ4n) is 4.92. The summed E-state index contributed by atoms with van der Waals surface area (Å²) in [5.74, 6) is 0.125. The van der Waals surface area contributed by atoms with Gasteiger partial charge in [-0.3, -0.25) is 0 Å². The second-order valence-electron chi connectivity index (χ2n) is 8.85. The van der Waals surface area contributed by atoms with Crippen molar-refractivity contribution < 1.29 is 19.4 Å². The van der Waals surface area contributed by atoms with Crippen molar-refractivity contribution in [1.82, 2.24) is 0 Å². The number of aromatic carboxylic acids is 1. The number of ether oxygens (including phenoxy) is 2. The first kappa shape index (κ1) is 20.7. The number of hydrogen-bond acceptors (Lipinski definition) is 3. The minimum Gasteiger partial charge on any atom is -0.486 e. The lowest BCUT2D eigenvalue weighted by Gasteiger charge is -2.49. The van der Waals surface area contributed by atoms with Gasteiger partial charge in [-0.25, -0.2) is 4.79 Å². The molecule has 4 heteroatoms. The van der Waals surface area contributed by atoms with E-state index in [0.29, 0.717) is 5.56 Å². The number of carboxylic acid groups (broad SMARTS) is 1. The van der Waals surface area contributed by atoms with Crippen LogP contribution in [0.4, 0.5) is 0 Å². The normalized spacial score (nSPS) is 24.9. The fourth-order valence-corrected chi connectivity index (χ4v) is 4.92. The molecule has 0 aliphatic carbocycles. The molecule has 4 rings (SSSR count). The van der Waals surface area contributed by atoms with Crippen molar-refractivity contribution in [3.63, 3.8) is 0 Å². The van der Waals surface area contributed by atoms with E-state index in [1.165, 1.54) is 5.57 Å². The third-order valence-electron chi connectivity index (χ3n) is 6.43. The second-order valence-corrected chi connectivity index (χ2v) is 8.85. The van der Waals surface area contributed by atoms with Gasteiger partial charge in [-0.1, -0.05) is 48.0 Å². The van der Waals surface area contributed by atoms with E-state index in [0.717, 1.165) is 49.2 Å². The molecule has 2 aromatic rings. The molecular weight excluding hydrogens is 376 g/mol. The maximum atomic E-state index is 11.9. The van der Waals surface area contributed by atoms with Crippen molar-refractivity contribution in [1.29, 1.82) is 0 Å². The van der Waals surface area contributed by atoms with Crippen LogP contribution < -0.4 is 4.74 Å². The zero-order valence-electron chi connectivity index (χ0n) is 18.0. The number of allylic oxidation sites excluding steroid dienone is 2. The number of hydrogen-bond donors (Lipinski definition) is 1. The average molecular weight is 407 g/mol. The molecule has 0 bridgehead atoms. The lowest BCUT2D eigenvalue weighted by molar-refractivity contribution is -0.126. The van der Waals surface area contributed by atoms with Gasteiger partial charge in [0.2, 0.25) is 0 Å². The first-order chi connectivity index (χ1) is 14.4. The molecule has 30 heavy (non-hydrogen) atoms. The van der Waals surface area contributed by atoms with Crippen LogP contribution in [0.5, 0.6) is 5.75 Å². The number of para-hydroxylation sites is 1. The lowest BCUT2D eigenvalue weighted by Crippen LogP contribution is -2.49. The van der Waals surface area contributed by atoms with E-state index >= 15 is 0 Å². The molecule has 3 atom stereocenters. The third-order valence-corrected chi connectivity index (χ3v) is 6.43. The number of fused-ring (bicyclic) bond motifs is 3. The maximum absolute atomic E-state index is 11.9. The van der Waals surface area contributed by atoms with Crippen LogP contribution in [0.1, 0.15) is 68.5 Å². The fraction of sp³-hybridized carbons (Fsp3) is 0.423. The van der Waals surface area contributed by atoms with Crippen LogP contribution in [0.25, 0.3) is 11.1 Å². The highest BCUT2D eigenvalue weighted by molar-refractivity contribution is 5.97. The summed E-state index contributed by atoms with van der Waals surface area (Å²) < 4.78 is 13.1. The molecular formula is C26H30O4. The van der Waals surface area contributed by atoms with E-state index < -0.39 is 5.97 Å². The van der Waals surface area contributed by atoms with Crippen molar-refractivity contribution in [3.8, 4) is 16.9 Å². The van der Waals surface area contributed by atoms with Crippen molar-refractivity contribution in [2.24, 2.45) is 5.92 Å². The van der Waals surface area contributed by atoms with Gasteiger partial charge in [0.1, 0.15) is 11.4 Å². The van der Waals surface area contributed by atoms with Crippen molar-refractivity contribution in [2.45, 2.75) is 58.2 Å². The molecule has 2 aliphatic rings. The van der Waals surface area contributed by atoms with Gasteiger partial charge in [-0.2, -0.15) is 0 Å². The monoisotopic (exact) mass is 406 g/mol. The van der Waals surface area contributed by atoms with E-state index in [9.17, 15) is 9.90 Å². The van der Waals surface area contributed by atoms with E-state index in [-0.39, 0.29) is 23.2 Å². The van der Waals surface area contributed by atoms with Gasteiger partial charge in [0, 0.05) is 23.7 Å². The van der Waals surface area contributed by atoms with E-state index in [4.69, 9.17) is 9.47 Å². The largest absolute Gasteiger partial charge is 0.486 e. The number of carboxylic acids is 1. The first-order valence-corrected chi connectivity index (χ1v) is 10.8. The highest BCUT2D eigenvalue weighted by Gasteiger charge is 2.48. The van der Waals surface area contributed by atoms with Crippen LogP contribution in [0, 0.1) is 5.92 Å². The van der Waals surface area contributed by atoms with Crippen LogP contribution in [0.15, 0.2) is 54.1 Å². The molecule has 0 radical (unpaired) electrons. The Labute approximate surface area is 178 Å². The summed E-state index contributed by atoms with van der Waals surface area (Å²) in [7, 11) is 0. The van der Waals surface area contributed by atoms with E-state index in [1.54, 1.807) is 12.1 Å². The van der Waals surface area contributed by atoms with Gasteiger partial charge >= 0.3 is 5.97 Å². The summed E-state index contributed by atoms with van der Waals surface area (Å²) in [5, 5.41) is 9.72. The van der Waals surface area contributed by atoms with E-state index in [2.05, 4.69) is 32.9 Å². The Morgan fingerprint density at radius 2 is 1.93 bits per heavy atom. The van der Waals surface area contributed by atoms with Gasteiger partial charge in [-0.15, -0.1) is 0 Å². The van der Waals surface area contributed by atoms with Gasteiger partial charge in [0.05, 0.1) is 11.7 Å². The molecule has 4 nitrogen and oxygen atoms in total. The number of carbonyl (C=O) groups is 1. The number of benzene rings is 2. The third kappa shape index (κ3) is 3.77. The predicted octanol–water partition coefficient (Wildman–Crippen LogP) is 6.42. The van der Waals surface area contributed by atoms with Crippen LogP contribution in [0.2, 0.25) is 0 Å². The smallest absolute Gasteiger partial charge is 0.336 e. The quantitative estimate of drug-likeness (QED) is 0.582. The van der Waals surface area contributed by atoms with Crippen LogP contribution in [-0.2, 0) is 4.74 Å². The topological polar surface area (TPSA) is 55.8 Å². The molecule has 2 aliphatic heterocycles. The highest BCUT2D eigenvalue weighted by Crippen LogP contribution is 2.53. The van der Waals surface area contributed by atoms with Crippen LogP contribution in [0.3, 0.4) is 0 Å².